The zero-order valence-electron chi connectivity index (χ0n) is 24.7. The number of aryl methyl sites for hydroxylation is 1. The van der Waals surface area contributed by atoms with Gasteiger partial charge in [-0.05, 0) is 70.8 Å². The summed E-state index contributed by atoms with van der Waals surface area (Å²) in [5.74, 6) is -0.123. The molecule has 0 bridgehead atoms. The van der Waals surface area contributed by atoms with Crippen LogP contribution in [-0.2, 0) is 20.8 Å². The highest BCUT2D eigenvalue weighted by molar-refractivity contribution is 8.01. The maximum Gasteiger partial charge on any atom is 0.240 e. The minimum absolute atomic E-state index is 0.00462. The summed E-state index contributed by atoms with van der Waals surface area (Å²) in [7, 11) is 0. The molecule has 3 amide bonds. The number of nitrogens with two attached hydrogens (primary N) is 1. The number of benzene rings is 1. The third kappa shape index (κ3) is 10.3. The second kappa shape index (κ2) is 16.1. The Morgan fingerprint density at radius 1 is 1.13 bits per heavy atom. The summed E-state index contributed by atoms with van der Waals surface area (Å²) in [6.07, 6.45) is 2.94. The molecule has 1 saturated heterocycles. The van der Waals surface area contributed by atoms with Gasteiger partial charge in [0.1, 0.15) is 16.7 Å². The normalized spacial score (nSPS) is 18.4. The molecule has 39 heavy (non-hydrogen) atoms. The highest BCUT2D eigenvalue weighted by atomic mass is 32.2. The molecule has 1 heterocycles. The molecule has 1 aliphatic rings. The van der Waals surface area contributed by atoms with E-state index in [-0.39, 0.29) is 28.5 Å². The number of anilines is 1. The summed E-state index contributed by atoms with van der Waals surface area (Å²) in [4.78, 5) is 41.9. The van der Waals surface area contributed by atoms with Crippen LogP contribution in [0.2, 0.25) is 0 Å². The van der Waals surface area contributed by atoms with Crippen molar-refractivity contribution in [1.29, 1.82) is 0 Å². The van der Waals surface area contributed by atoms with Gasteiger partial charge in [-0.25, -0.2) is 0 Å². The number of thioether (sulfide) groups is 1. The van der Waals surface area contributed by atoms with Gasteiger partial charge in [0.2, 0.25) is 17.7 Å². The average molecular weight is 563 g/mol. The summed E-state index contributed by atoms with van der Waals surface area (Å²) < 4.78 is 0. The minimum Gasteiger partial charge on any atom is -0.383 e. The number of carbonyl (C=O) groups is 3. The van der Waals surface area contributed by atoms with Gasteiger partial charge in [0.25, 0.3) is 0 Å². The van der Waals surface area contributed by atoms with Crippen molar-refractivity contribution in [3.8, 4) is 0 Å². The highest BCUT2D eigenvalue weighted by Crippen LogP contribution is 2.33. The van der Waals surface area contributed by atoms with E-state index >= 15 is 0 Å². The van der Waals surface area contributed by atoms with E-state index in [0.29, 0.717) is 26.1 Å². The molecular weight excluding hydrogens is 512 g/mol. The zero-order chi connectivity index (χ0) is 29.0. The van der Waals surface area contributed by atoms with E-state index < -0.39 is 11.4 Å². The molecule has 1 aliphatic heterocycles. The van der Waals surface area contributed by atoms with Crippen molar-refractivity contribution in [2.45, 2.75) is 89.4 Å². The van der Waals surface area contributed by atoms with Crippen LogP contribution < -0.4 is 21.7 Å². The maximum absolute atomic E-state index is 13.0. The van der Waals surface area contributed by atoms with Crippen molar-refractivity contribution in [1.82, 2.24) is 20.4 Å². The van der Waals surface area contributed by atoms with E-state index in [1.807, 2.05) is 39.8 Å². The molecule has 10 heteroatoms. The topological polar surface area (TPSA) is 120 Å². The molecule has 0 aliphatic carbocycles. The smallest absolute Gasteiger partial charge is 0.240 e. The third-order valence-corrected chi connectivity index (χ3v) is 8.95. The molecular formula is C29H50N6O3S. The second-order valence-electron chi connectivity index (χ2n) is 10.7. The average Bonchev–Trinajstić information content (AvgIpc) is 3.24. The van der Waals surface area contributed by atoms with Crippen LogP contribution in [0, 0.1) is 0 Å². The molecule has 1 fully saturated rings. The molecule has 1 aromatic rings. The molecule has 0 radical (unpaired) electrons. The lowest BCUT2D eigenvalue weighted by atomic mass is 10.0. The minimum atomic E-state index is -0.793. The molecule has 1 aromatic carbocycles. The molecule has 2 rings (SSSR count). The van der Waals surface area contributed by atoms with Gasteiger partial charge in [-0.3, -0.25) is 14.4 Å². The van der Waals surface area contributed by atoms with Gasteiger partial charge in [0.05, 0.1) is 0 Å². The quantitative estimate of drug-likeness (QED) is 0.231. The van der Waals surface area contributed by atoms with Crippen molar-refractivity contribution in [2.24, 2.45) is 5.73 Å². The van der Waals surface area contributed by atoms with Crippen molar-refractivity contribution >= 4 is 35.2 Å². The largest absolute Gasteiger partial charge is 0.383 e. The van der Waals surface area contributed by atoms with E-state index in [1.165, 1.54) is 17.3 Å². The van der Waals surface area contributed by atoms with E-state index in [0.717, 1.165) is 44.6 Å². The van der Waals surface area contributed by atoms with Crippen LogP contribution in [0.1, 0.15) is 66.4 Å². The van der Waals surface area contributed by atoms with Gasteiger partial charge in [0.15, 0.2) is 0 Å². The summed E-state index contributed by atoms with van der Waals surface area (Å²) in [6, 6.07) is 7.33. The van der Waals surface area contributed by atoms with E-state index in [9.17, 15) is 14.4 Å². The Bertz CT molecular complexity index is 922. The lowest BCUT2D eigenvalue weighted by Crippen LogP contribution is -2.56. The van der Waals surface area contributed by atoms with Gasteiger partial charge in [-0.2, -0.15) is 0 Å². The SMILES string of the molecule is CCN(CC)CCNC(=O)CCCc1ccc(NC[C@H]2SC([C@H](N)C(=O)NC(C)(C)CC)N(CC)C2=O)cc1. The Morgan fingerprint density at radius 2 is 1.79 bits per heavy atom. The Morgan fingerprint density at radius 3 is 2.38 bits per heavy atom. The van der Waals surface area contributed by atoms with Crippen LogP contribution in [-0.4, -0.2) is 89.0 Å². The Balaban J connectivity index is 1.79. The number of hydrogen-bond acceptors (Lipinski definition) is 7. The van der Waals surface area contributed by atoms with Gasteiger partial charge in [-0.1, -0.05) is 32.9 Å². The summed E-state index contributed by atoms with van der Waals surface area (Å²) in [6.45, 7) is 16.6. The number of carbonyl (C=O) groups excluding carboxylic acids is 3. The number of rotatable bonds is 17. The standard InChI is InChI=1S/C29H50N6O3S/c1-7-29(5,6)33-26(37)25(30)28-35(10-4)27(38)23(39-28)20-32-22-16-14-21(15-17-22)12-11-13-24(36)31-18-19-34(8-2)9-3/h14-17,23,25,28,32H,7-13,18-20,30H2,1-6H3,(H,31,36)(H,33,37)/t23-,25-,28?/m1/s1. The number of nitrogens with zero attached hydrogens (tertiary/aromatic N) is 2. The van der Waals surface area contributed by atoms with E-state index in [1.54, 1.807) is 4.90 Å². The lowest BCUT2D eigenvalue weighted by molar-refractivity contribution is -0.131. The Hall–Kier alpha value is -2.30. The Kier molecular flexibility index (Phi) is 13.6. The van der Waals surface area contributed by atoms with E-state index in [2.05, 4.69) is 46.8 Å². The molecule has 0 aromatic heterocycles. The van der Waals surface area contributed by atoms with Crippen molar-refractivity contribution in [3.63, 3.8) is 0 Å². The van der Waals surface area contributed by atoms with Gasteiger partial charge in [0, 0.05) is 43.8 Å². The van der Waals surface area contributed by atoms with Crippen LogP contribution in [0.15, 0.2) is 24.3 Å². The molecule has 0 spiro atoms. The van der Waals surface area contributed by atoms with Crippen molar-refractivity contribution in [2.75, 3.05) is 44.6 Å². The first-order chi connectivity index (χ1) is 18.5. The lowest BCUT2D eigenvalue weighted by Gasteiger charge is -2.31. The fourth-order valence-electron chi connectivity index (χ4n) is 4.43. The molecule has 3 atom stereocenters. The summed E-state index contributed by atoms with van der Waals surface area (Å²) >= 11 is 1.45. The fourth-order valence-corrected chi connectivity index (χ4v) is 5.89. The summed E-state index contributed by atoms with van der Waals surface area (Å²) in [5, 5.41) is 8.67. The summed E-state index contributed by atoms with van der Waals surface area (Å²) in [5.41, 5.74) is 8.09. The van der Waals surface area contributed by atoms with Crippen LogP contribution in [0.4, 0.5) is 5.69 Å². The highest BCUT2D eigenvalue weighted by Gasteiger charge is 2.44. The number of hydrogen-bond donors (Lipinski definition) is 4. The van der Waals surface area contributed by atoms with Crippen molar-refractivity contribution in [3.05, 3.63) is 29.8 Å². The monoisotopic (exact) mass is 562 g/mol. The predicted molar refractivity (Wildman–Crippen MR) is 162 cm³/mol. The molecule has 220 valence electrons. The number of nitrogens with one attached hydrogen (secondary N) is 3. The molecule has 1 unspecified atom stereocenters. The molecule has 9 nitrogen and oxygen atoms in total. The van der Waals surface area contributed by atoms with Crippen molar-refractivity contribution < 1.29 is 14.4 Å². The van der Waals surface area contributed by atoms with Crippen LogP contribution in [0.25, 0.3) is 0 Å². The third-order valence-electron chi connectivity index (χ3n) is 7.42. The van der Waals surface area contributed by atoms with Crippen LogP contribution in [0.3, 0.4) is 0 Å². The van der Waals surface area contributed by atoms with Crippen LogP contribution >= 0.6 is 11.8 Å². The predicted octanol–water partition coefficient (Wildman–Crippen LogP) is 2.80. The second-order valence-corrected chi connectivity index (χ2v) is 12.0. The first kappa shape index (κ1) is 32.9. The Labute approximate surface area is 239 Å². The maximum atomic E-state index is 13.0. The van der Waals surface area contributed by atoms with Gasteiger partial charge < -0.3 is 31.5 Å². The molecule has 5 N–H and O–H groups in total. The van der Waals surface area contributed by atoms with Gasteiger partial charge in [-0.15, -0.1) is 11.8 Å². The van der Waals surface area contributed by atoms with Gasteiger partial charge >= 0.3 is 0 Å². The first-order valence-corrected chi connectivity index (χ1v) is 15.3. The molecule has 0 saturated carbocycles. The first-order valence-electron chi connectivity index (χ1n) is 14.4. The zero-order valence-corrected chi connectivity index (χ0v) is 25.5. The van der Waals surface area contributed by atoms with Crippen LogP contribution in [0.5, 0.6) is 0 Å². The van der Waals surface area contributed by atoms with E-state index in [4.69, 9.17) is 5.73 Å². The number of amides is 3. The number of likely N-dealkylation sites (N-methyl/N-ethyl adjacent to an activating group) is 2. The fraction of sp³-hybridized carbons (Fsp3) is 0.690.